The maximum atomic E-state index is 13.4. The van der Waals surface area contributed by atoms with Crippen molar-refractivity contribution in [1.29, 1.82) is 0 Å². The van der Waals surface area contributed by atoms with Crippen LogP contribution in [0.5, 0.6) is 0 Å². The van der Waals surface area contributed by atoms with Gasteiger partial charge in [-0.3, -0.25) is 0 Å². The predicted octanol–water partition coefficient (Wildman–Crippen LogP) is 2.69. The summed E-state index contributed by atoms with van der Waals surface area (Å²) in [5, 5.41) is 4.97. The number of nitrogens with zero attached hydrogens (tertiary/aromatic N) is 5. The normalized spacial score (nSPS) is 12.0. The molecule has 0 amide bonds. The lowest BCUT2D eigenvalue weighted by Crippen LogP contribution is -2.32. The molecule has 0 unspecified atom stereocenters. The van der Waals surface area contributed by atoms with E-state index in [2.05, 4.69) is 10.1 Å². The number of ether oxygens (including phenoxy) is 1. The molecule has 0 aliphatic carbocycles. The zero-order chi connectivity index (χ0) is 22.2. The molecule has 0 spiro atoms. The molecule has 0 saturated heterocycles. The quantitative estimate of drug-likeness (QED) is 0.400. The fraction of sp³-hybridized carbons (Fsp3) is 0.174. The number of benzene rings is 2. The van der Waals surface area contributed by atoms with Crippen LogP contribution in [0.2, 0.25) is 0 Å². The number of hydrogen-bond donors (Lipinski definition) is 0. The summed E-state index contributed by atoms with van der Waals surface area (Å²) in [4.78, 5) is 26.2. The molecule has 8 nitrogen and oxygen atoms in total. The molecular formula is C23H20FN6O2+. The molecule has 3 aromatic heterocycles. The minimum atomic E-state index is -0.322. The van der Waals surface area contributed by atoms with Crippen LogP contribution in [-0.2, 0) is 11.3 Å². The summed E-state index contributed by atoms with van der Waals surface area (Å²) in [5.74, 6) is 0.335. The lowest BCUT2D eigenvalue weighted by molar-refractivity contribution is -0.368. The number of H-pyrrole nitrogens is 1. The summed E-state index contributed by atoms with van der Waals surface area (Å²) in [6.07, 6.45) is 1.59. The van der Waals surface area contributed by atoms with Gasteiger partial charge >= 0.3 is 5.56 Å². The van der Waals surface area contributed by atoms with Crippen molar-refractivity contribution in [2.24, 2.45) is 5.10 Å². The number of nitrogens with one attached hydrogen (secondary N) is 1. The van der Waals surface area contributed by atoms with Crippen LogP contribution in [0, 0.1) is 12.7 Å². The smallest absolute Gasteiger partial charge is 0.323 e. The van der Waals surface area contributed by atoms with E-state index in [1.165, 1.54) is 12.1 Å². The fourth-order valence-corrected chi connectivity index (χ4v) is 3.71. The summed E-state index contributed by atoms with van der Waals surface area (Å²) < 4.78 is 21.6. The van der Waals surface area contributed by atoms with Gasteiger partial charge in [-0.2, -0.15) is 0 Å². The lowest BCUT2D eigenvalue weighted by atomic mass is 10.2. The number of aromatic amines is 1. The van der Waals surface area contributed by atoms with E-state index in [0.29, 0.717) is 57.8 Å². The van der Waals surface area contributed by atoms with Gasteiger partial charge in [0.2, 0.25) is 11.5 Å². The Labute approximate surface area is 181 Å². The van der Waals surface area contributed by atoms with E-state index < -0.39 is 0 Å². The van der Waals surface area contributed by atoms with Crippen LogP contribution in [0.1, 0.15) is 11.4 Å². The van der Waals surface area contributed by atoms with Crippen LogP contribution in [0.25, 0.3) is 33.2 Å². The maximum absolute atomic E-state index is 13.4. The molecule has 0 atom stereocenters. The molecule has 0 fully saturated rings. The van der Waals surface area contributed by atoms with Gasteiger partial charge in [0.05, 0.1) is 30.4 Å². The average molecular weight is 431 g/mol. The van der Waals surface area contributed by atoms with Crippen molar-refractivity contribution in [3.8, 4) is 0 Å². The molecule has 0 aliphatic rings. The van der Waals surface area contributed by atoms with E-state index in [0.717, 1.165) is 0 Å². The van der Waals surface area contributed by atoms with Crippen LogP contribution in [0.15, 0.2) is 58.4 Å². The van der Waals surface area contributed by atoms with Crippen LogP contribution in [0.3, 0.4) is 0 Å². The zero-order valence-corrected chi connectivity index (χ0v) is 17.5. The van der Waals surface area contributed by atoms with Crippen molar-refractivity contribution in [3.63, 3.8) is 0 Å². The lowest BCUT2D eigenvalue weighted by Gasteiger charge is -2.04. The molecule has 0 saturated carbocycles. The molecule has 2 aromatic carbocycles. The first-order chi connectivity index (χ1) is 15.6. The van der Waals surface area contributed by atoms with Crippen molar-refractivity contribution in [2.75, 3.05) is 13.7 Å². The third-order valence-electron chi connectivity index (χ3n) is 5.31. The molecule has 0 aliphatic heterocycles. The van der Waals surface area contributed by atoms with Gasteiger partial charge in [0.15, 0.2) is 5.39 Å². The molecule has 0 bridgehead atoms. The second kappa shape index (κ2) is 7.93. The average Bonchev–Trinajstić information content (AvgIpc) is 3.09. The van der Waals surface area contributed by atoms with Crippen molar-refractivity contribution in [2.45, 2.75) is 13.5 Å². The molecule has 5 rings (SSSR count). The van der Waals surface area contributed by atoms with Gasteiger partial charge in [-0.25, -0.2) is 28.7 Å². The van der Waals surface area contributed by atoms with E-state index >= 15 is 0 Å². The third-order valence-corrected chi connectivity index (χ3v) is 5.31. The number of fused-ring (bicyclic) bond motifs is 4. The maximum Gasteiger partial charge on any atom is 0.323 e. The minimum Gasteiger partial charge on any atom is -0.381 e. The Hall–Kier alpha value is -3.98. The van der Waals surface area contributed by atoms with E-state index in [9.17, 15) is 9.18 Å². The number of hydrogen-bond acceptors (Lipinski definition) is 5. The Balaban J connectivity index is 1.83. The van der Waals surface area contributed by atoms with Gasteiger partial charge in [0.1, 0.15) is 11.3 Å². The summed E-state index contributed by atoms with van der Waals surface area (Å²) in [7, 11) is 1.59. The van der Waals surface area contributed by atoms with Crippen molar-refractivity contribution in [3.05, 3.63) is 76.1 Å². The van der Waals surface area contributed by atoms with Gasteiger partial charge < -0.3 is 4.74 Å². The Morgan fingerprint density at radius 3 is 2.56 bits per heavy atom. The number of methoxy groups -OCH3 is 1. The molecule has 32 heavy (non-hydrogen) atoms. The Bertz CT molecular complexity index is 1550. The van der Waals surface area contributed by atoms with Gasteiger partial charge in [-0.05, 0) is 29.8 Å². The van der Waals surface area contributed by atoms with Crippen molar-refractivity contribution in [1.82, 2.24) is 19.2 Å². The Kier molecular flexibility index (Phi) is 4.95. The first kappa shape index (κ1) is 20.0. The minimum absolute atomic E-state index is 0.196. The van der Waals surface area contributed by atoms with Crippen LogP contribution in [0.4, 0.5) is 4.39 Å². The monoisotopic (exact) mass is 431 g/mol. The van der Waals surface area contributed by atoms with Crippen LogP contribution < -0.4 is 10.5 Å². The van der Waals surface area contributed by atoms with Gasteiger partial charge in [0.25, 0.3) is 5.65 Å². The summed E-state index contributed by atoms with van der Waals surface area (Å²) in [6, 6.07) is 13.5. The highest BCUT2D eigenvalue weighted by Gasteiger charge is 2.26. The summed E-state index contributed by atoms with van der Waals surface area (Å²) in [5.41, 5.74) is 3.29. The largest absolute Gasteiger partial charge is 0.381 e. The molecule has 5 aromatic rings. The number of rotatable bonds is 5. The summed E-state index contributed by atoms with van der Waals surface area (Å²) in [6.45, 7) is 2.62. The standard InChI is InChI=1S/C23H19FN6O2/c1-14-26-21-19(23(31)29(14)11-12-32-2)20-22(28-18-6-4-3-5-17(18)27-20)30(21)25-13-15-7-9-16(24)10-8-15/h3-10,13H,11-12H2,1-2H3/p+1/b25-13+. The van der Waals surface area contributed by atoms with E-state index in [1.54, 1.807) is 34.7 Å². The highest BCUT2D eigenvalue weighted by atomic mass is 19.1. The molecule has 0 radical (unpaired) electrons. The first-order valence-corrected chi connectivity index (χ1v) is 10.1. The van der Waals surface area contributed by atoms with Crippen LogP contribution >= 0.6 is 0 Å². The molecule has 9 heteroatoms. The highest BCUT2D eigenvalue weighted by molar-refractivity contribution is 6.03. The number of aromatic nitrogens is 5. The second-order valence-corrected chi connectivity index (χ2v) is 7.38. The topological polar surface area (TPSA) is 88.4 Å². The van der Waals surface area contributed by atoms with Crippen molar-refractivity contribution < 1.29 is 14.1 Å². The van der Waals surface area contributed by atoms with Crippen LogP contribution in [-0.4, -0.2) is 39.1 Å². The zero-order valence-electron chi connectivity index (χ0n) is 17.5. The molecule has 3 heterocycles. The van der Waals surface area contributed by atoms with Gasteiger partial charge in [-0.1, -0.05) is 24.3 Å². The first-order valence-electron chi connectivity index (χ1n) is 10.1. The summed E-state index contributed by atoms with van der Waals surface area (Å²) >= 11 is 0. The highest BCUT2D eigenvalue weighted by Crippen LogP contribution is 2.24. The third kappa shape index (κ3) is 3.32. The van der Waals surface area contributed by atoms with Crippen molar-refractivity contribution >= 4 is 39.4 Å². The van der Waals surface area contributed by atoms with Gasteiger partial charge in [-0.15, -0.1) is 9.78 Å². The predicted molar refractivity (Wildman–Crippen MR) is 119 cm³/mol. The second-order valence-electron chi connectivity index (χ2n) is 7.38. The molecule has 160 valence electrons. The van der Waals surface area contributed by atoms with E-state index in [4.69, 9.17) is 14.7 Å². The van der Waals surface area contributed by atoms with E-state index in [-0.39, 0.29) is 11.4 Å². The SMILES string of the molecule is COCCn1c(C)[nH+]c2c(c1=O)c1nc3ccccc3nc1n2/N=C/c1ccc(F)cc1. The molecule has 1 N–H and O–H groups in total. The number of para-hydroxylation sites is 2. The number of halogens is 1. The molecular weight excluding hydrogens is 411 g/mol. The fourth-order valence-electron chi connectivity index (χ4n) is 3.71. The van der Waals surface area contributed by atoms with E-state index in [1.807, 2.05) is 31.2 Å². The van der Waals surface area contributed by atoms with Gasteiger partial charge in [0, 0.05) is 14.0 Å². The Morgan fingerprint density at radius 1 is 1.12 bits per heavy atom. The number of aryl methyl sites for hydroxylation is 1. The Morgan fingerprint density at radius 2 is 1.84 bits per heavy atom.